The summed E-state index contributed by atoms with van der Waals surface area (Å²) in [6.45, 7) is 1.84. The summed E-state index contributed by atoms with van der Waals surface area (Å²) in [4.78, 5) is 15.6. The molecule has 0 fully saturated rings. The summed E-state index contributed by atoms with van der Waals surface area (Å²) in [5.74, 6) is -0.251. The number of benzene rings is 1. The fourth-order valence-electron chi connectivity index (χ4n) is 1.46. The molecule has 1 aromatic carbocycles. The molecule has 0 unspecified atom stereocenters. The van der Waals surface area contributed by atoms with Crippen LogP contribution in [0.5, 0.6) is 0 Å². The van der Waals surface area contributed by atoms with Gasteiger partial charge in [-0.25, -0.2) is 5.43 Å². The topological polar surface area (TPSA) is 54.4 Å². The lowest BCUT2D eigenvalue weighted by atomic mass is 10.1. The number of pyridine rings is 1. The van der Waals surface area contributed by atoms with Crippen LogP contribution in [0.15, 0.2) is 58.4 Å². The van der Waals surface area contributed by atoms with Crippen molar-refractivity contribution >= 4 is 27.5 Å². The zero-order valence-corrected chi connectivity index (χ0v) is 11.9. The predicted molar refractivity (Wildman–Crippen MR) is 78.1 cm³/mol. The molecule has 0 atom stereocenters. The van der Waals surface area contributed by atoms with Crippen molar-refractivity contribution in [2.45, 2.75) is 6.92 Å². The average molecular weight is 318 g/mol. The maximum Gasteiger partial charge on any atom is 0.271 e. The highest BCUT2D eigenvalue weighted by molar-refractivity contribution is 9.10. The van der Waals surface area contributed by atoms with Gasteiger partial charge in [0.1, 0.15) is 0 Å². The monoisotopic (exact) mass is 317 g/mol. The Labute approximate surface area is 119 Å². The Kier molecular flexibility index (Phi) is 4.41. The van der Waals surface area contributed by atoms with Crippen LogP contribution in [0.1, 0.15) is 22.8 Å². The van der Waals surface area contributed by atoms with Crippen LogP contribution in [-0.4, -0.2) is 16.6 Å². The van der Waals surface area contributed by atoms with Gasteiger partial charge in [-0.15, -0.1) is 0 Å². The molecule has 0 bridgehead atoms. The van der Waals surface area contributed by atoms with Crippen molar-refractivity contribution < 1.29 is 4.79 Å². The first-order valence-electron chi connectivity index (χ1n) is 5.67. The lowest BCUT2D eigenvalue weighted by molar-refractivity contribution is 0.0954. The third kappa shape index (κ3) is 3.72. The number of hydrogen-bond acceptors (Lipinski definition) is 3. The smallest absolute Gasteiger partial charge is 0.267 e. The summed E-state index contributed by atoms with van der Waals surface area (Å²) >= 11 is 3.37. The minimum absolute atomic E-state index is 0.251. The van der Waals surface area contributed by atoms with E-state index in [0.29, 0.717) is 5.56 Å². The number of hydrazone groups is 1. The van der Waals surface area contributed by atoms with E-state index in [4.69, 9.17) is 0 Å². The molecule has 0 aliphatic rings. The highest BCUT2D eigenvalue weighted by Crippen LogP contribution is 2.11. The van der Waals surface area contributed by atoms with Crippen LogP contribution >= 0.6 is 15.9 Å². The second-order valence-corrected chi connectivity index (χ2v) is 4.80. The molecule has 1 aromatic heterocycles. The molecule has 0 aliphatic heterocycles. The second-order valence-electron chi connectivity index (χ2n) is 3.88. The maximum absolute atomic E-state index is 11.8. The standard InChI is InChI=1S/C14H12BrN3O/c1-10(11-2-4-13(15)5-3-11)17-18-14(19)12-6-8-16-9-7-12/h2-9H,1H3,(H,18,19). The fourth-order valence-corrected chi connectivity index (χ4v) is 1.72. The van der Waals surface area contributed by atoms with Crippen LogP contribution < -0.4 is 5.43 Å². The predicted octanol–water partition coefficient (Wildman–Crippen LogP) is 3.00. The largest absolute Gasteiger partial charge is 0.271 e. The van der Waals surface area contributed by atoms with E-state index in [2.05, 4.69) is 31.4 Å². The molecule has 1 N–H and O–H groups in total. The molecule has 0 saturated carbocycles. The molecule has 96 valence electrons. The number of halogens is 1. The fraction of sp³-hybridized carbons (Fsp3) is 0.0714. The van der Waals surface area contributed by atoms with Gasteiger partial charge in [-0.1, -0.05) is 28.1 Å². The number of carbonyl (C=O) groups excluding carboxylic acids is 1. The average Bonchev–Trinajstić information content (AvgIpc) is 2.46. The first-order valence-corrected chi connectivity index (χ1v) is 6.47. The molecule has 19 heavy (non-hydrogen) atoms. The van der Waals surface area contributed by atoms with Crippen molar-refractivity contribution in [3.63, 3.8) is 0 Å². The SMILES string of the molecule is CC(=NNC(=O)c1ccncc1)c1ccc(Br)cc1. The zero-order chi connectivity index (χ0) is 13.7. The van der Waals surface area contributed by atoms with Crippen molar-refractivity contribution in [2.75, 3.05) is 0 Å². The molecule has 0 aliphatic carbocycles. The minimum atomic E-state index is -0.251. The molecule has 0 spiro atoms. The Morgan fingerprint density at radius 1 is 1.11 bits per heavy atom. The Bertz CT molecular complexity index is 594. The third-order valence-electron chi connectivity index (χ3n) is 2.53. The number of carbonyl (C=O) groups is 1. The van der Waals surface area contributed by atoms with Crippen LogP contribution in [0.2, 0.25) is 0 Å². The van der Waals surface area contributed by atoms with E-state index < -0.39 is 0 Å². The van der Waals surface area contributed by atoms with Crippen molar-refractivity contribution in [1.29, 1.82) is 0 Å². The van der Waals surface area contributed by atoms with E-state index in [1.54, 1.807) is 24.5 Å². The summed E-state index contributed by atoms with van der Waals surface area (Å²) in [7, 11) is 0. The van der Waals surface area contributed by atoms with Gasteiger partial charge in [0, 0.05) is 22.4 Å². The van der Waals surface area contributed by atoms with Gasteiger partial charge in [-0.05, 0) is 36.8 Å². The summed E-state index contributed by atoms with van der Waals surface area (Å²) in [5, 5.41) is 4.08. The molecule has 1 amide bonds. The van der Waals surface area contributed by atoms with Gasteiger partial charge in [0.15, 0.2) is 0 Å². The van der Waals surface area contributed by atoms with Crippen LogP contribution in [0.3, 0.4) is 0 Å². The van der Waals surface area contributed by atoms with Gasteiger partial charge in [-0.2, -0.15) is 5.10 Å². The van der Waals surface area contributed by atoms with Gasteiger partial charge >= 0.3 is 0 Å². The highest BCUT2D eigenvalue weighted by atomic mass is 79.9. The van der Waals surface area contributed by atoms with Gasteiger partial charge in [0.05, 0.1) is 5.71 Å². The molecular formula is C14H12BrN3O. The van der Waals surface area contributed by atoms with Gasteiger partial charge in [0.25, 0.3) is 5.91 Å². The first-order chi connectivity index (χ1) is 9.16. The van der Waals surface area contributed by atoms with E-state index >= 15 is 0 Å². The van der Waals surface area contributed by atoms with Gasteiger partial charge in [-0.3, -0.25) is 9.78 Å². The molecule has 2 rings (SSSR count). The number of aromatic nitrogens is 1. The molecule has 0 saturated heterocycles. The summed E-state index contributed by atoms with van der Waals surface area (Å²) in [6.07, 6.45) is 3.14. The van der Waals surface area contributed by atoms with E-state index in [9.17, 15) is 4.79 Å². The third-order valence-corrected chi connectivity index (χ3v) is 3.06. The minimum Gasteiger partial charge on any atom is -0.267 e. The normalized spacial score (nSPS) is 11.2. The van der Waals surface area contributed by atoms with Crippen LogP contribution in [0, 0.1) is 0 Å². The number of hydrogen-bond donors (Lipinski definition) is 1. The summed E-state index contributed by atoms with van der Waals surface area (Å²) in [6, 6.07) is 11.0. The molecule has 1 heterocycles. The Morgan fingerprint density at radius 2 is 1.74 bits per heavy atom. The molecule has 4 nitrogen and oxygen atoms in total. The van der Waals surface area contributed by atoms with Crippen molar-refractivity contribution in [2.24, 2.45) is 5.10 Å². The Morgan fingerprint density at radius 3 is 2.37 bits per heavy atom. The molecule has 0 radical (unpaired) electrons. The Balaban J connectivity index is 2.06. The Hall–Kier alpha value is -2.01. The van der Waals surface area contributed by atoms with Crippen molar-refractivity contribution in [3.05, 3.63) is 64.4 Å². The summed E-state index contributed by atoms with van der Waals surface area (Å²) in [5.41, 5.74) is 4.75. The van der Waals surface area contributed by atoms with E-state index in [0.717, 1.165) is 15.7 Å². The van der Waals surface area contributed by atoms with E-state index in [1.807, 2.05) is 31.2 Å². The van der Waals surface area contributed by atoms with Gasteiger partial charge in [0.2, 0.25) is 0 Å². The lowest BCUT2D eigenvalue weighted by Crippen LogP contribution is -2.19. The van der Waals surface area contributed by atoms with E-state index in [-0.39, 0.29) is 5.91 Å². The van der Waals surface area contributed by atoms with Crippen LogP contribution in [-0.2, 0) is 0 Å². The first kappa shape index (κ1) is 13.4. The molecular weight excluding hydrogens is 306 g/mol. The number of nitrogens with one attached hydrogen (secondary N) is 1. The van der Waals surface area contributed by atoms with Crippen LogP contribution in [0.25, 0.3) is 0 Å². The lowest BCUT2D eigenvalue weighted by Gasteiger charge is -2.03. The number of amides is 1. The quantitative estimate of drug-likeness (QED) is 0.699. The number of rotatable bonds is 3. The second kappa shape index (κ2) is 6.24. The van der Waals surface area contributed by atoms with Crippen molar-refractivity contribution in [1.82, 2.24) is 10.4 Å². The molecule has 5 heteroatoms. The van der Waals surface area contributed by atoms with Gasteiger partial charge < -0.3 is 0 Å². The highest BCUT2D eigenvalue weighted by Gasteiger charge is 2.03. The van der Waals surface area contributed by atoms with Crippen LogP contribution in [0.4, 0.5) is 0 Å². The summed E-state index contributed by atoms with van der Waals surface area (Å²) < 4.78 is 1.00. The molecule has 2 aromatic rings. The maximum atomic E-state index is 11.8. The number of nitrogens with zero attached hydrogens (tertiary/aromatic N) is 2. The zero-order valence-electron chi connectivity index (χ0n) is 10.3. The van der Waals surface area contributed by atoms with E-state index in [1.165, 1.54) is 0 Å². The van der Waals surface area contributed by atoms with Crippen molar-refractivity contribution in [3.8, 4) is 0 Å².